The Labute approximate surface area is 126 Å². The normalized spacial score (nSPS) is 15.0. The first kappa shape index (κ1) is 15.9. The summed E-state index contributed by atoms with van der Waals surface area (Å²) >= 11 is 0. The van der Waals surface area contributed by atoms with Gasteiger partial charge in [0.05, 0.1) is 32.1 Å². The molecule has 1 aliphatic rings. The van der Waals surface area contributed by atoms with Crippen LogP contribution in [0.2, 0.25) is 0 Å². The van der Waals surface area contributed by atoms with E-state index in [0.29, 0.717) is 26.4 Å². The van der Waals surface area contributed by atoms with E-state index in [9.17, 15) is 0 Å². The molecule has 2 rings (SSSR count). The summed E-state index contributed by atoms with van der Waals surface area (Å²) in [6.07, 6.45) is 0. The average molecular weight is 295 g/mol. The highest BCUT2D eigenvalue weighted by atomic mass is 16.5. The number of morpholine rings is 1. The van der Waals surface area contributed by atoms with E-state index in [1.54, 1.807) is 0 Å². The van der Waals surface area contributed by atoms with Gasteiger partial charge in [-0.1, -0.05) is 0 Å². The minimum atomic E-state index is 0.555. The molecule has 5 heteroatoms. The predicted octanol–water partition coefficient (Wildman–Crippen LogP) is 2.34. The Bertz CT molecular complexity index is 419. The van der Waals surface area contributed by atoms with Crippen LogP contribution in [0.3, 0.4) is 0 Å². The van der Waals surface area contributed by atoms with E-state index in [2.05, 4.69) is 4.90 Å². The van der Waals surface area contributed by atoms with E-state index in [4.69, 9.17) is 18.9 Å². The summed E-state index contributed by atoms with van der Waals surface area (Å²) in [4.78, 5) is 2.28. The van der Waals surface area contributed by atoms with Gasteiger partial charge in [-0.15, -0.1) is 0 Å². The molecule has 0 unspecified atom stereocenters. The van der Waals surface area contributed by atoms with Gasteiger partial charge in [-0.3, -0.25) is 0 Å². The Morgan fingerprint density at radius 2 is 1.86 bits per heavy atom. The number of ether oxygens (including phenoxy) is 4. The van der Waals surface area contributed by atoms with Gasteiger partial charge in [-0.05, 0) is 26.0 Å². The Kier molecular flexibility index (Phi) is 6.63. The number of hydrogen-bond acceptors (Lipinski definition) is 5. The molecule has 0 aromatic heterocycles. The standard InChI is InChI=1S/C16H25NO4/c1-3-18-11-12-21-16-6-5-14(20-4-2)13-15(16)17-7-9-19-10-8-17/h5-6,13H,3-4,7-12H2,1-2H3. The molecule has 118 valence electrons. The van der Waals surface area contributed by atoms with Crippen LogP contribution >= 0.6 is 0 Å². The van der Waals surface area contributed by atoms with Crippen molar-refractivity contribution >= 4 is 5.69 Å². The molecule has 1 saturated heterocycles. The smallest absolute Gasteiger partial charge is 0.142 e. The summed E-state index contributed by atoms with van der Waals surface area (Å²) in [5.41, 5.74) is 1.07. The molecule has 0 spiro atoms. The average Bonchev–Trinajstić information content (AvgIpc) is 2.54. The van der Waals surface area contributed by atoms with Crippen molar-refractivity contribution in [1.82, 2.24) is 0 Å². The summed E-state index contributed by atoms with van der Waals surface area (Å²) in [5.74, 6) is 1.75. The molecule has 0 aliphatic carbocycles. The summed E-state index contributed by atoms with van der Waals surface area (Å²) < 4.78 is 22.2. The molecule has 21 heavy (non-hydrogen) atoms. The maximum atomic E-state index is 5.86. The highest BCUT2D eigenvalue weighted by molar-refractivity contribution is 5.62. The monoisotopic (exact) mass is 295 g/mol. The van der Waals surface area contributed by atoms with E-state index in [1.165, 1.54) is 0 Å². The van der Waals surface area contributed by atoms with E-state index in [1.807, 2.05) is 32.0 Å². The summed E-state index contributed by atoms with van der Waals surface area (Å²) in [5, 5.41) is 0. The minimum Gasteiger partial charge on any atom is -0.494 e. The number of benzene rings is 1. The molecule has 0 bridgehead atoms. The van der Waals surface area contributed by atoms with Gasteiger partial charge in [0.25, 0.3) is 0 Å². The van der Waals surface area contributed by atoms with Crippen LogP contribution in [0, 0.1) is 0 Å². The number of anilines is 1. The van der Waals surface area contributed by atoms with Crippen LogP contribution in [0.1, 0.15) is 13.8 Å². The molecule has 1 aromatic carbocycles. The molecule has 0 N–H and O–H groups in total. The van der Waals surface area contributed by atoms with Gasteiger partial charge in [-0.2, -0.15) is 0 Å². The van der Waals surface area contributed by atoms with Crippen molar-refractivity contribution < 1.29 is 18.9 Å². The van der Waals surface area contributed by atoms with Crippen molar-refractivity contribution in [1.29, 1.82) is 0 Å². The summed E-state index contributed by atoms with van der Waals surface area (Å²) in [6, 6.07) is 5.97. The van der Waals surface area contributed by atoms with Crippen LogP contribution in [0.15, 0.2) is 18.2 Å². The number of hydrogen-bond donors (Lipinski definition) is 0. The Morgan fingerprint density at radius 1 is 1.05 bits per heavy atom. The van der Waals surface area contributed by atoms with Gasteiger partial charge in [0.2, 0.25) is 0 Å². The van der Waals surface area contributed by atoms with Crippen molar-refractivity contribution in [2.75, 3.05) is 57.6 Å². The van der Waals surface area contributed by atoms with Crippen LogP contribution in [-0.4, -0.2) is 52.7 Å². The van der Waals surface area contributed by atoms with E-state index in [-0.39, 0.29) is 0 Å². The van der Waals surface area contributed by atoms with Gasteiger partial charge < -0.3 is 23.8 Å². The quantitative estimate of drug-likeness (QED) is 0.688. The zero-order valence-corrected chi connectivity index (χ0v) is 13.0. The van der Waals surface area contributed by atoms with Crippen molar-refractivity contribution in [2.45, 2.75) is 13.8 Å². The zero-order chi connectivity index (χ0) is 14.9. The van der Waals surface area contributed by atoms with E-state index >= 15 is 0 Å². The van der Waals surface area contributed by atoms with Gasteiger partial charge >= 0.3 is 0 Å². The van der Waals surface area contributed by atoms with Gasteiger partial charge in [0.1, 0.15) is 18.1 Å². The van der Waals surface area contributed by atoms with Crippen LogP contribution in [-0.2, 0) is 9.47 Å². The second-order valence-electron chi connectivity index (χ2n) is 4.71. The third-order valence-corrected chi connectivity index (χ3v) is 3.28. The van der Waals surface area contributed by atoms with E-state index < -0.39 is 0 Å². The molecule has 5 nitrogen and oxygen atoms in total. The van der Waals surface area contributed by atoms with E-state index in [0.717, 1.165) is 43.5 Å². The highest BCUT2D eigenvalue weighted by Crippen LogP contribution is 2.33. The summed E-state index contributed by atoms with van der Waals surface area (Å²) in [6.45, 7) is 9.74. The molecule has 0 amide bonds. The molecule has 1 aromatic rings. The fraction of sp³-hybridized carbons (Fsp3) is 0.625. The zero-order valence-electron chi connectivity index (χ0n) is 13.0. The van der Waals surface area contributed by atoms with Gasteiger partial charge in [0.15, 0.2) is 0 Å². The Hall–Kier alpha value is -1.46. The lowest BCUT2D eigenvalue weighted by Crippen LogP contribution is -2.36. The highest BCUT2D eigenvalue weighted by Gasteiger charge is 2.16. The largest absolute Gasteiger partial charge is 0.494 e. The van der Waals surface area contributed by atoms with Gasteiger partial charge in [0, 0.05) is 25.8 Å². The first-order valence-electron chi connectivity index (χ1n) is 7.65. The van der Waals surface area contributed by atoms with Crippen molar-refractivity contribution in [2.24, 2.45) is 0 Å². The maximum absolute atomic E-state index is 5.86. The maximum Gasteiger partial charge on any atom is 0.142 e. The SMILES string of the molecule is CCOCCOc1ccc(OCC)cc1N1CCOCC1. The summed E-state index contributed by atoms with van der Waals surface area (Å²) in [7, 11) is 0. The van der Waals surface area contributed by atoms with Gasteiger partial charge in [-0.25, -0.2) is 0 Å². The van der Waals surface area contributed by atoms with Crippen LogP contribution in [0.5, 0.6) is 11.5 Å². The molecule has 1 fully saturated rings. The van der Waals surface area contributed by atoms with Crippen LogP contribution in [0.4, 0.5) is 5.69 Å². The third kappa shape index (κ3) is 4.79. The lowest BCUT2D eigenvalue weighted by molar-refractivity contribution is 0.109. The Balaban J connectivity index is 2.08. The predicted molar refractivity (Wildman–Crippen MR) is 82.6 cm³/mol. The lowest BCUT2D eigenvalue weighted by atomic mass is 10.2. The fourth-order valence-electron chi connectivity index (χ4n) is 2.28. The lowest BCUT2D eigenvalue weighted by Gasteiger charge is -2.30. The minimum absolute atomic E-state index is 0.555. The molecule has 1 heterocycles. The Morgan fingerprint density at radius 3 is 2.57 bits per heavy atom. The molecular weight excluding hydrogens is 270 g/mol. The molecule has 0 saturated carbocycles. The molecule has 0 atom stereocenters. The fourth-order valence-corrected chi connectivity index (χ4v) is 2.28. The molecule has 1 aliphatic heterocycles. The first-order chi connectivity index (χ1) is 10.3. The first-order valence-corrected chi connectivity index (χ1v) is 7.65. The third-order valence-electron chi connectivity index (χ3n) is 3.28. The topological polar surface area (TPSA) is 40.2 Å². The molecule has 0 radical (unpaired) electrons. The molecular formula is C16H25NO4. The van der Waals surface area contributed by atoms with Crippen LogP contribution < -0.4 is 14.4 Å². The second kappa shape index (κ2) is 8.74. The van der Waals surface area contributed by atoms with Crippen molar-refractivity contribution in [3.05, 3.63) is 18.2 Å². The van der Waals surface area contributed by atoms with Crippen molar-refractivity contribution in [3.63, 3.8) is 0 Å². The van der Waals surface area contributed by atoms with Crippen LogP contribution in [0.25, 0.3) is 0 Å². The number of rotatable bonds is 8. The second-order valence-corrected chi connectivity index (χ2v) is 4.71. The number of nitrogens with zero attached hydrogens (tertiary/aromatic N) is 1. The van der Waals surface area contributed by atoms with Crippen molar-refractivity contribution in [3.8, 4) is 11.5 Å².